The van der Waals surface area contributed by atoms with Gasteiger partial charge in [0.25, 0.3) is 0 Å². The van der Waals surface area contributed by atoms with Gasteiger partial charge in [-0.3, -0.25) is 0 Å². The molecule has 0 unspecified atom stereocenters. The Kier molecular flexibility index (Phi) is 4.25. The molecular formula is C23H19N2+. The topological polar surface area (TPSA) is 17.4 Å². The summed E-state index contributed by atoms with van der Waals surface area (Å²) in [5.74, 6) is 0. The first-order chi connectivity index (χ1) is 12.4. The third-order valence-corrected chi connectivity index (χ3v) is 4.21. The van der Waals surface area contributed by atoms with Crippen molar-refractivity contribution in [1.82, 2.24) is 0 Å². The Morgan fingerprint density at radius 3 is 1.40 bits per heavy atom. The number of hydrogen-bond donors (Lipinski definition) is 0. The Balaban J connectivity index is 1.75. The summed E-state index contributed by atoms with van der Waals surface area (Å²) in [6.07, 6.45) is 3.90. The summed E-state index contributed by atoms with van der Waals surface area (Å²) in [5, 5.41) is 0. The number of hydrogen-bond acceptors (Lipinski definition) is 1. The smallest absolute Gasteiger partial charge is 0.167 e. The summed E-state index contributed by atoms with van der Waals surface area (Å²) in [6.45, 7) is 0. The van der Waals surface area contributed by atoms with E-state index in [1.165, 1.54) is 11.1 Å². The molecule has 0 aliphatic rings. The SMILES string of the molecule is c1ccc(N(c2ccccc2)c2ccc(-c3cc[nH+]cc3)cc2)cc1. The van der Waals surface area contributed by atoms with E-state index in [2.05, 4.69) is 94.8 Å². The van der Waals surface area contributed by atoms with Crippen LogP contribution in [0.3, 0.4) is 0 Å². The Bertz CT molecular complexity index is 878. The van der Waals surface area contributed by atoms with Gasteiger partial charge in [-0.25, -0.2) is 4.98 Å². The number of aromatic nitrogens is 1. The minimum absolute atomic E-state index is 1.14. The molecule has 0 spiro atoms. The molecule has 0 saturated carbocycles. The minimum atomic E-state index is 1.14. The molecule has 0 amide bonds. The van der Waals surface area contributed by atoms with Crippen molar-refractivity contribution >= 4 is 17.1 Å². The number of nitrogens with one attached hydrogen (secondary N) is 1. The lowest BCUT2D eigenvalue weighted by Gasteiger charge is -2.25. The largest absolute Gasteiger partial charge is 0.311 e. The first-order valence-corrected chi connectivity index (χ1v) is 8.38. The Labute approximate surface area is 148 Å². The van der Waals surface area contributed by atoms with Crippen LogP contribution in [0.2, 0.25) is 0 Å². The summed E-state index contributed by atoms with van der Waals surface area (Å²) >= 11 is 0. The van der Waals surface area contributed by atoms with Crippen molar-refractivity contribution < 1.29 is 4.98 Å². The molecular weight excluding hydrogens is 304 g/mol. The van der Waals surface area contributed by atoms with Crippen molar-refractivity contribution in [2.45, 2.75) is 0 Å². The first-order valence-electron chi connectivity index (χ1n) is 8.38. The van der Waals surface area contributed by atoms with Crippen LogP contribution in [0.1, 0.15) is 0 Å². The van der Waals surface area contributed by atoms with Crippen LogP contribution in [0.25, 0.3) is 11.1 Å². The number of nitrogens with zero attached hydrogens (tertiary/aromatic N) is 1. The van der Waals surface area contributed by atoms with Gasteiger partial charge < -0.3 is 4.90 Å². The first kappa shape index (κ1) is 15.2. The van der Waals surface area contributed by atoms with E-state index in [1.54, 1.807) is 0 Å². The van der Waals surface area contributed by atoms with Gasteiger partial charge in [-0.1, -0.05) is 48.5 Å². The highest BCUT2D eigenvalue weighted by atomic mass is 15.1. The zero-order valence-corrected chi connectivity index (χ0v) is 13.8. The molecule has 2 heteroatoms. The zero-order chi connectivity index (χ0) is 16.9. The molecule has 3 aromatic carbocycles. The van der Waals surface area contributed by atoms with Gasteiger partial charge in [0.15, 0.2) is 12.4 Å². The normalized spacial score (nSPS) is 10.4. The Morgan fingerprint density at radius 2 is 0.880 bits per heavy atom. The average molecular weight is 323 g/mol. The lowest BCUT2D eigenvalue weighted by atomic mass is 10.1. The number of aromatic amines is 1. The second-order valence-electron chi connectivity index (χ2n) is 5.84. The summed E-state index contributed by atoms with van der Waals surface area (Å²) in [7, 11) is 0. The summed E-state index contributed by atoms with van der Waals surface area (Å²) in [4.78, 5) is 5.33. The Hall–Kier alpha value is -3.39. The zero-order valence-electron chi connectivity index (χ0n) is 13.8. The van der Waals surface area contributed by atoms with Crippen LogP contribution in [0.15, 0.2) is 109 Å². The minimum Gasteiger partial charge on any atom is -0.311 e. The molecule has 2 nitrogen and oxygen atoms in total. The van der Waals surface area contributed by atoms with Crippen molar-refractivity contribution in [3.8, 4) is 11.1 Å². The number of benzene rings is 3. The molecule has 0 bridgehead atoms. The van der Waals surface area contributed by atoms with E-state index >= 15 is 0 Å². The molecule has 0 fully saturated rings. The fourth-order valence-corrected chi connectivity index (χ4v) is 2.98. The lowest BCUT2D eigenvalue weighted by molar-refractivity contribution is -0.377. The number of rotatable bonds is 4. The van der Waals surface area contributed by atoms with Gasteiger partial charge in [-0.05, 0) is 47.5 Å². The fourth-order valence-electron chi connectivity index (χ4n) is 2.98. The van der Waals surface area contributed by atoms with E-state index in [9.17, 15) is 0 Å². The maximum absolute atomic E-state index is 3.07. The van der Waals surface area contributed by atoms with Gasteiger partial charge in [-0.2, -0.15) is 0 Å². The van der Waals surface area contributed by atoms with Gasteiger partial charge >= 0.3 is 0 Å². The van der Waals surface area contributed by atoms with Crippen LogP contribution in [-0.4, -0.2) is 0 Å². The van der Waals surface area contributed by atoms with Crippen molar-refractivity contribution in [2.75, 3.05) is 4.90 Å². The van der Waals surface area contributed by atoms with E-state index in [1.807, 2.05) is 24.5 Å². The molecule has 1 heterocycles. The van der Waals surface area contributed by atoms with Crippen LogP contribution in [0.5, 0.6) is 0 Å². The number of H-pyrrole nitrogens is 1. The highest BCUT2D eigenvalue weighted by molar-refractivity contribution is 5.78. The van der Waals surface area contributed by atoms with E-state index in [-0.39, 0.29) is 0 Å². The van der Waals surface area contributed by atoms with E-state index < -0.39 is 0 Å². The van der Waals surface area contributed by atoms with Gasteiger partial charge in [0, 0.05) is 29.2 Å². The second-order valence-corrected chi connectivity index (χ2v) is 5.84. The molecule has 4 rings (SSSR count). The number of anilines is 3. The fraction of sp³-hybridized carbons (Fsp3) is 0. The third-order valence-electron chi connectivity index (χ3n) is 4.21. The monoisotopic (exact) mass is 323 g/mol. The maximum atomic E-state index is 3.07. The number of pyridine rings is 1. The highest BCUT2D eigenvalue weighted by Gasteiger charge is 2.11. The van der Waals surface area contributed by atoms with Crippen LogP contribution in [0, 0.1) is 0 Å². The van der Waals surface area contributed by atoms with Crippen molar-refractivity contribution in [2.24, 2.45) is 0 Å². The standard InChI is InChI=1S/C23H18N2/c1-3-7-21(8-4-1)25(22-9-5-2-6-10-22)23-13-11-19(12-14-23)20-15-17-24-18-16-20/h1-18H/p+1. The van der Waals surface area contributed by atoms with Gasteiger partial charge in [0.1, 0.15) is 0 Å². The highest BCUT2D eigenvalue weighted by Crippen LogP contribution is 2.34. The molecule has 1 aromatic heterocycles. The van der Waals surface area contributed by atoms with Crippen molar-refractivity contribution in [3.63, 3.8) is 0 Å². The van der Waals surface area contributed by atoms with Crippen molar-refractivity contribution in [1.29, 1.82) is 0 Å². The van der Waals surface area contributed by atoms with E-state index in [0.717, 1.165) is 17.1 Å². The van der Waals surface area contributed by atoms with Crippen LogP contribution >= 0.6 is 0 Å². The maximum Gasteiger partial charge on any atom is 0.167 e. The molecule has 25 heavy (non-hydrogen) atoms. The molecule has 0 atom stereocenters. The molecule has 0 radical (unpaired) electrons. The average Bonchev–Trinajstić information content (AvgIpc) is 2.71. The molecule has 0 aliphatic carbocycles. The van der Waals surface area contributed by atoms with Gasteiger partial charge in [0.2, 0.25) is 0 Å². The number of para-hydroxylation sites is 2. The molecule has 120 valence electrons. The van der Waals surface area contributed by atoms with Gasteiger partial charge in [0.05, 0.1) is 0 Å². The summed E-state index contributed by atoms with van der Waals surface area (Å²) in [5.41, 5.74) is 5.85. The third kappa shape index (κ3) is 3.29. The second kappa shape index (κ2) is 7.02. The van der Waals surface area contributed by atoms with Crippen LogP contribution < -0.4 is 9.88 Å². The van der Waals surface area contributed by atoms with Crippen LogP contribution in [0.4, 0.5) is 17.1 Å². The predicted molar refractivity (Wildman–Crippen MR) is 103 cm³/mol. The quantitative estimate of drug-likeness (QED) is 0.475. The molecule has 0 aliphatic heterocycles. The lowest BCUT2D eigenvalue weighted by Crippen LogP contribution is -2.09. The Morgan fingerprint density at radius 1 is 0.440 bits per heavy atom. The summed E-state index contributed by atoms with van der Waals surface area (Å²) in [6, 6.07) is 33.8. The molecule has 4 aromatic rings. The molecule has 1 N–H and O–H groups in total. The van der Waals surface area contributed by atoms with Crippen molar-refractivity contribution in [3.05, 3.63) is 109 Å². The summed E-state index contributed by atoms with van der Waals surface area (Å²) < 4.78 is 0. The van der Waals surface area contributed by atoms with Gasteiger partial charge in [-0.15, -0.1) is 0 Å². The van der Waals surface area contributed by atoms with Crippen LogP contribution in [-0.2, 0) is 0 Å². The molecule has 0 saturated heterocycles. The van der Waals surface area contributed by atoms with E-state index in [0.29, 0.717) is 0 Å². The van der Waals surface area contributed by atoms with E-state index in [4.69, 9.17) is 0 Å². The predicted octanol–water partition coefficient (Wildman–Crippen LogP) is 5.64.